The first-order valence-electron chi connectivity index (χ1n) is 10.7. The van der Waals surface area contributed by atoms with E-state index in [0.29, 0.717) is 18.7 Å². The SMILES string of the molecule is CCc1ccc(OCC(=O)N(CCc2ccccc2)[C@H](C)C(=O)NC(C)(C)C)c(Br)c1. The van der Waals surface area contributed by atoms with E-state index in [0.717, 1.165) is 16.5 Å². The zero-order valence-corrected chi connectivity index (χ0v) is 20.7. The summed E-state index contributed by atoms with van der Waals surface area (Å²) in [5.74, 6) is 0.210. The molecular weight excluding hydrogens is 456 g/mol. The van der Waals surface area contributed by atoms with Crippen LogP contribution in [0, 0.1) is 0 Å². The van der Waals surface area contributed by atoms with Crippen molar-refractivity contribution in [1.29, 1.82) is 0 Å². The Morgan fingerprint density at radius 1 is 1.10 bits per heavy atom. The summed E-state index contributed by atoms with van der Waals surface area (Å²) in [6.45, 7) is 9.92. The Kier molecular flexibility index (Phi) is 9.11. The lowest BCUT2D eigenvalue weighted by molar-refractivity contribution is -0.142. The van der Waals surface area contributed by atoms with E-state index in [4.69, 9.17) is 4.74 Å². The van der Waals surface area contributed by atoms with Crippen LogP contribution >= 0.6 is 15.9 Å². The predicted octanol–water partition coefficient (Wildman–Crippen LogP) is 4.76. The van der Waals surface area contributed by atoms with Gasteiger partial charge in [0, 0.05) is 12.1 Å². The fraction of sp³-hybridized carbons (Fsp3) is 0.440. The van der Waals surface area contributed by atoms with Crippen LogP contribution in [0.25, 0.3) is 0 Å². The van der Waals surface area contributed by atoms with Gasteiger partial charge >= 0.3 is 0 Å². The standard InChI is InChI=1S/C25H33BrN2O3/c1-6-19-12-13-22(21(26)16-19)31-17-23(29)28(15-14-20-10-8-7-9-11-20)18(2)24(30)27-25(3,4)5/h7-13,16,18H,6,14-15,17H2,1-5H3,(H,27,30)/t18-/m1/s1. The molecule has 0 spiro atoms. The van der Waals surface area contributed by atoms with Crippen LogP contribution in [0.15, 0.2) is 53.0 Å². The van der Waals surface area contributed by atoms with Crippen molar-refractivity contribution in [3.8, 4) is 5.75 Å². The number of benzene rings is 2. The Balaban J connectivity index is 2.11. The van der Waals surface area contributed by atoms with Gasteiger partial charge in [-0.1, -0.05) is 43.3 Å². The molecule has 0 aromatic heterocycles. The number of ether oxygens (including phenoxy) is 1. The minimum atomic E-state index is -0.607. The minimum Gasteiger partial charge on any atom is -0.483 e. The largest absolute Gasteiger partial charge is 0.483 e. The zero-order chi connectivity index (χ0) is 23.0. The molecule has 31 heavy (non-hydrogen) atoms. The van der Waals surface area contributed by atoms with Crippen LogP contribution in [-0.2, 0) is 22.4 Å². The van der Waals surface area contributed by atoms with Crippen LogP contribution in [0.5, 0.6) is 5.75 Å². The number of halogens is 1. The summed E-state index contributed by atoms with van der Waals surface area (Å²) in [4.78, 5) is 27.5. The first-order valence-corrected chi connectivity index (χ1v) is 11.5. The topological polar surface area (TPSA) is 58.6 Å². The number of aryl methyl sites for hydroxylation is 1. The van der Waals surface area contributed by atoms with E-state index in [-0.39, 0.29) is 24.0 Å². The molecule has 0 bridgehead atoms. The highest BCUT2D eigenvalue weighted by molar-refractivity contribution is 9.10. The van der Waals surface area contributed by atoms with Gasteiger partial charge in [0.25, 0.3) is 5.91 Å². The fourth-order valence-corrected chi connectivity index (χ4v) is 3.69. The highest BCUT2D eigenvalue weighted by Gasteiger charge is 2.28. The number of carbonyl (C=O) groups is 2. The molecule has 1 atom stereocenters. The molecule has 6 heteroatoms. The number of nitrogens with zero attached hydrogens (tertiary/aromatic N) is 1. The molecule has 2 aromatic rings. The molecule has 168 valence electrons. The van der Waals surface area contributed by atoms with Gasteiger partial charge in [-0.05, 0) is 79.7 Å². The Morgan fingerprint density at radius 3 is 2.35 bits per heavy atom. The third-order valence-corrected chi connectivity index (χ3v) is 5.53. The minimum absolute atomic E-state index is 0.133. The van der Waals surface area contributed by atoms with Crippen LogP contribution in [0.3, 0.4) is 0 Å². The second kappa shape index (κ2) is 11.3. The highest BCUT2D eigenvalue weighted by Crippen LogP contribution is 2.26. The van der Waals surface area contributed by atoms with Gasteiger partial charge in [-0.2, -0.15) is 0 Å². The van der Waals surface area contributed by atoms with Crippen LogP contribution in [0.2, 0.25) is 0 Å². The van der Waals surface area contributed by atoms with E-state index in [1.807, 2.05) is 69.3 Å². The van der Waals surface area contributed by atoms with Gasteiger partial charge < -0.3 is 15.0 Å². The molecule has 2 aromatic carbocycles. The fourth-order valence-electron chi connectivity index (χ4n) is 3.15. The molecule has 0 aliphatic rings. The Bertz CT molecular complexity index is 878. The van der Waals surface area contributed by atoms with Crippen LogP contribution in [0.1, 0.15) is 45.7 Å². The monoisotopic (exact) mass is 488 g/mol. The molecule has 0 radical (unpaired) electrons. The molecule has 0 fully saturated rings. The number of amides is 2. The van der Waals surface area contributed by atoms with Gasteiger partial charge in [0.2, 0.25) is 5.91 Å². The van der Waals surface area contributed by atoms with Crippen molar-refractivity contribution >= 4 is 27.7 Å². The van der Waals surface area contributed by atoms with Gasteiger partial charge in [0.15, 0.2) is 6.61 Å². The van der Waals surface area contributed by atoms with Gasteiger partial charge in [0.05, 0.1) is 4.47 Å². The van der Waals surface area contributed by atoms with Crippen molar-refractivity contribution in [1.82, 2.24) is 10.2 Å². The normalized spacial score (nSPS) is 12.2. The summed E-state index contributed by atoms with van der Waals surface area (Å²) < 4.78 is 6.61. The van der Waals surface area contributed by atoms with Crippen molar-refractivity contribution in [2.24, 2.45) is 0 Å². The molecule has 0 unspecified atom stereocenters. The summed E-state index contributed by atoms with van der Waals surface area (Å²) in [6.07, 6.45) is 1.58. The van der Waals surface area contributed by atoms with E-state index in [2.05, 4.69) is 28.2 Å². The Hall–Kier alpha value is -2.34. The summed E-state index contributed by atoms with van der Waals surface area (Å²) in [6, 6.07) is 15.2. The highest BCUT2D eigenvalue weighted by atomic mass is 79.9. The van der Waals surface area contributed by atoms with Gasteiger partial charge in [-0.15, -0.1) is 0 Å². The van der Waals surface area contributed by atoms with Crippen molar-refractivity contribution in [3.63, 3.8) is 0 Å². The van der Waals surface area contributed by atoms with Gasteiger partial charge in [-0.3, -0.25) is 9.59 Å². The van der Waals surface area contributed by atoms with Crippen LogP contribution in [0.4, 0.5) is 0 Å². The average Bonchev–Trinajstić information content (AvgIpc) is 2.72. The summed E-state index contributed by atoms with van der Waals surface area (Å²) >= 11 is 3.51. The number of hydrogen-bond acceptors (Lipinski definition) is 3. The lowest BCUT2D eigenvalue weighted by atomic mass is 10.1. The molecule has 5 nitrogen and oxygen atoms in total. The third-order valence-electron chi connectivity index (χ3n) is 4.91. The van der Waals surface area contributed by atoms with Crippen molar-refractivity contribution in [3.05, 3.63) is 64.1 Å². The smallest absolute Gasteiger partial charge is 0.261 e. The van der Waals surface area contributed by atoms with E-state index in [1.165, 1.54) is 5.56 Å². The lowest BCUT2D eigenvalue weighted by Gasteiger charge is -2.31. The van der Waals surface area contributed by atoms with Crippen molar-refractivity contribution in [2.45, 2.75) is 59.0 Å². The summed E-state index contributed by atoms with van der Waals surface area (Å²) in [7, 11) is 0. The van der Waals surface area contributed by atoms with Gasteiger partial charge in [0.1, 0.15) is 11.8 Å². The van der Waals surface area contributed by atoms with Gasteiger partial charge in [-0.25, -0.2) is 0 Å². The molecule has 0 saturated carbocycles. The van der Waals surface area contributed by atoms with E-state index < -0.39 is 6.04 Å². The van der Waals surface area contributed by atoms with Crippen molar-refractivity contribution < 1.29 is 14.3 Å². The quantitative estimate of drug-likeness (QED) is 0.553. The molecule has 2 amide bonds. The third kappa shape index (κ3) is 8.02. The molecule has 0 aliphatic heterocycles. The molecule has 1 N–H and O–H groups in total. The lowest BCUT2D eigenvalue weighted by Crippen LogP contribution is -2.53. The average molecular weight is 489 g/mol. The van der Waals surface area contributed by atoms with Crippen molar-refractivity contribution in [2.75, 3.05) is 13.2 Å². The maximum atomic E-state index is 13.1. The van der Waals surface area contributed by atoms with E-state index >= 15 is 0 Å². The first-order chi connectivity index (χ1) is 14.6. The first kappa shape index (κ1) is 24.9. The molecule has 2 rings (SSSR count). The molecule has 0 aliphatic carbocycles. The number of carbonyl (C=O) groups excluding carboxylic acids is 2. The summed E-state index contributed by atoms with van der Waals surface area (Å²) in [5, 5.41) is 2.97. The maximum Gasteiger partial charge on any atom is 0.261 e. The van der Waals surface area contributed by atoms with Crippen LogP contribution < -0.4 is 10.1 Å². The molecular formula is C25H33BrN2O3. The molecule has 0 heterocycles. The number of nitrogens with one attached hydrogen (secondary N) is 1. The second-order valence-corrected chi connectivity index (χ2v) is 9.50. The zero-order valence-electron chi connectivity index (χ0n) is 19.1. The Morgan fingerprint density at radius 2 is 1.77 bits per heavy atom. The van der Waals surface area contributed by atoms with E-state index in [1.54, 1.807) is 11.8 Å². The van der Waals surface area contributed by atoms with E-state index in [9.17, 15) is 9.59 Å². The Labute approximate surface area is 194 Å². The van der Waals surface area contributed by atoms with Crippen LogP contribution in [-0.4, -0.2) is 41.4 Å². The second-order valence-electron chi connectivity index (χ2n) is 8.64. The molecule has 0 saturated heterocycles. The number of rotatable bonds is 9. The maximum absolute atomic E-state index is 13.1. The number of hydrogen-bond donors (Lipinski definition) is 1. The predicted molar refractivity (Wildman–Crippen MR) is 128 cm³/mol. The summed E-state index contributed by atoms with van der Waals surface area (Å²) in [5.41, 5.74) is 1.92.